The first kappa shape index (κ1) is 15.3. The van der Waals surface area contributed by atoms with Crippen molar-refractivity contribution in [1.82, 2.24) is 0 Å². The minimum absolute atomic E-state index is 0.0701. The van der Waals surface area contributed by atoms with Gasteiger partial charge in [0.1, 0.15) is 4.90 Å². The van der Waals surface area contributed by atoms with Crippen molar-refractivity contribution in [2.75, 3.05) is 23.7 Å². The van der Waals surface area contributed by atoms with Crippen LogP contribution in [0.15, 0.2) is 53.4 Å². The molecule has 2 rings (SSSR count). The molecule has 3 N–H and O–H groups in total. The third-order valence-corrected chi connectivity index (χ3v) is 4.49. The van der Waals surface area contributed by atoms with Crippen molar-refractivity contribution in [2.45, 2.75) is 11.3 Å². The Kier molecular flexibility index (Phi) is 4.82. The Balaban J connectivity index is 2.24. The Morgan fingerprint density at radius 3 is 2.33 bits per heavy atom. The molecule has 112 valence electrons. The maximum Gasteiger partial charge on any atom is 0.263 e. The van der Waals surface area contributed by atoms with E-state index in [1.807, 2.05) is 0 Å². The maximum atomic E-state index is 12.4. The van der Waals surface area contributed by atoms with Crippen molar-refractivity contribution in [3.8, 4) is 0 Å². The van der Waals surface area contributed by atoms with E-state index in [-0.39, 0.29) is 11.5 Å². The minimum atomic E-state index is -3.64. The smallest absolute Gasteiger partial charge is 0.263 e. The molecule has 21 heavy (non-hydrogen) atoms. The fourth-order valence-corrected chi connectivity index (χ4v) is 3.26. The summed E-state index contributed by atoms with van der Waals surface area (Å²) in [6.07, 6.45) is 0.551. The van der Waals surface area contributed by atoms with Gasteiger partial charge in [0.05, 0.1) is 5.69 Å². The topological polar surface area (TPSA) is 78.4 Å². The van der Waals surface area contributed by atoms with Crippen LogP contribution in [0.2, 0.25) is 0 Å². The molecule has 2 aromatic carbocycles. The molecule has 0 aliphatic rings. The SMILES string of the molecule is CNc1ccccc1S(=O)(=O)Nc1ccc(CCO)cc1. The number of benzene rings is 2. The van der Waals surface area contributed by atoms with Crippen LogP contribution in [0.25, 0.3) is 0 Å². The average molecular weight is 306 g/mol. The molecule has 0 bridgehead atoms. The van der Waals surface area contributed by atoms with Crippen molar-refractivity contribution in [1.29, 1.82) is 0 Å². The van der Waals surface area contributed by atoms with E-state index in [9.17, 15) is 8.42 Å². The summed E-state index contributed by atoms with van der Waals surface area (Å²) in [5.74, 6) is 0. The fraction of sp³-hybridized carbons (Fsp3) is 0.200. The lowest BCUT2D eigenvalue weighted by atomic mass is 10.1. The number of sulfonamides is 1. The highest BCUT2D eigenvalue weighted by molar-refractivity contribution is 7.92. The Morgan fingerprint density at radius 1 is 1.05 bits per heavy atom. The molecule has 0 fully saturated rings. The van der Waals surface area contributed by atoms with E-state index in [1.54, 1.807) is 55.6 Å². The monoisotopic (exact) mass is 306 g/mol. The maximum absolute atomic E-state index is 12.4. The van der Waals surface area contributed by atoms with Crippen LogP contribution in [0.4, 0.5) is 11.4 Å². The molecule has 2 aromatic rings. The van der Waals surface area contributed by atoms with Crippen LogP contribution in [0.5, 0.6) is 0 Å². The van der Waals surface area contributed by atoms with Gasteiger partial charge in [0, 0.05) is 19.3 Å². The average Bonchev–Trinajstić information content (AvgIpc) is 2.49. The van der Waals surface area contributed by atoms with Crippen LogP contribution < -0.4 is 10.0 Å². The van der Waals surface area contributed by atoms with Crippen molar-refractivity contribution in [3.05, 3.63) is 54.1 Å². The number of rotatable bonds is 6. The summed E-state index contributed by atoms with van der Waals surface area (Å²) in [4.78, 5) is 0.201. The molecule has 0 aromatic heterocycles. The molecule has 0 saturated carbocycles. The summed E-state index contributed by atoms with van der Waals surface area (Å²) in [5, 5.41) is 11.7. The third kappa shape index (κ3) is 3.74. The highest BCUT2D eigenvalue weighted by Gasteiger charge is 2.17. The first-order chi connectivity index (χ1) is 10.1. The van der Waals surface area contributed by atoms with E-state index in [0.29, 0.717) is 17.8 Å². The van der Waals surface area contributed by atoms with E-state index >= 15 is 0 Å². The van der Waals surface area contributed by atoms with Crippen molar-refractivity contribution in [3.63, 3.8) is 0 Å². The van der Waals surface area contributed by atoms with Crippen molar-refractivity contribution in [2.24, 2.45) is 0 Å². The number of anilines is 2. The predicted octanol–water partition coefficient (Wildman–Crippen LogP) is 2.06. The number of nitrogens with one attached hydrogen (secondary N) is 2. The predicted molar refractivity (Wildman–Crippen MR) is 84.0 cm³/mol. The summed E-state index contributed by atoms with van der Waals surface area (Å²) >= 11 is 0. The van der Waals surface area contributed by atoms with E-state index in [2.05, 4.69) is 10.0 Å². The number of para-hydroxylation sites is 1. The first-order valence-electron chi connectivity index (χ1n) is 6.56. The van der Waals surface area contributed by atoms with Crippen LogP contribution in [-0.4, -0.2) is 27.2 Å². The van der Waals surface area contributed by atoms with Crippen molar-refractivity contribution < 1.29 is 13.5 Å². The van der Waals surface area contributed by atoms with E-state index < -0.39 is 10.0 Å². The summed E-state index contributed by atoms with van der Waals surface area (Å²) in [6, 6.07) is 13.7. The Hall–Kier alpha value is -2.05. The highest BCUT2D eigenvalue weighted by atomic mass is 32.2. The van der Waals surface area contributed by atoms with Gasteiger partial charge in [-0.15, -0.1) is 0 Å². The van der Waals surface area contributed by atoms with Gasteiger partial charge in [-0.25, -0.2) is 8.42 Å². The molecule has 0 saturated heterocycles. The molecule has 0 aliphatic heterocycles. The molecule has 0 atom stereocenters. The van der Waals surface area contributed by atoms with Crippen LogP contribution >= 0.6 is 0 Å². The molecule has 0 unspecified atom stereocenters. The van der Waals surface area contributed by atoms with E-state index in [1.165, 1.54) is 0 Å². The van der Waals surface area contributed by atoms with Crippen LogP contribution in [-0.2, 0) is 16.4 Å². The summed E-state index contributed by atoms with van der Waals surface area (Å²) in [5.41, 5.74) is 1.99. The minimum Gasteiger partial charge on any atom is -0.396 e. The Bertz CT molecular complexity index is 697. The van der Waals surface area contributed by atoms with Gasteiger partial charge >= 0.3 is 0 Å². The van der Waals surface area contributed by atoms with Crippen LogP contribution in [0.3, 0.4) is 0 Å². The van der Waals surface area contributed by atoms with Gasteiger partial charge in [-0.3, -0.25) is 4.72 Å². The number of aliphatic hydroxyl groups excluding tert-OH is 1. The van der Waals surface area contributed by atoms with Gasteiger partial charge in [-0.2, -0.15) is 0 Å². The zero-order valence-corrected chi connectivity index (χ0v) is 12.5. The second kappa shape index (κ2) is 6.60. The summed E-state index contributed by atoms with van der Waals surface area (Å²) < 4.78 is 27.3. The summed E-state index contributed by atoms with van der Waals surface area (Å²) in [7, 11) is -1.96. The third-order valence-electron chi connectivity index (χ3n) is 3.05. The van der Waals surface area contributed by atoms with Gasteiger partial charge < -0.3 is 10.4 Å². The normalized spacial score (nSPS) is 11.1. The second-order valence-corrected chi connectivity index (χ2v) is 6.17. The zero-order valence-electron chi connectivity index (χ0n) is 11.7. The highest BCUT2D eigenvalue weighted by Crippen LogP contribution is 2.23. The van der Waals surface area contributed by atoms with Crippen LogP contribution in [0.1, 0.15) is 5.56 Å². The number of aliphatic hydroxyl groups is 1. The molecular formula is C15H18N2O3S. The van der Waals surface area contributed by atoms with E-state index in [0.717, 1.165) is 5.56 Å². The Labute approximate surface area is 124 Å². The fourth-order valence-electron chi connectivity index (χ4n) is 1.99. The molecule has 5 nitrogen and oxygen atoms in total. The van der Waals surface area contributed by atoms with Crippen LogP contribution in [0, 0.1) is 0 Å². The lowest BCUT2D eigenvalue weighted by molar-refractivity contribution is 0.299. The quantitative estimate of drug-likeness (QED) is 0.763. The molecule has 0 heterocycles. The number of hydrogen-bond donors (Lipinski definition) is 3. The number of hydrogen-bond acceptors (Lipinski definition) is 4. The van der Waals surface area contributed by atoms with Gasteiger partial charge in [0.2, 0.25) is 0 Å². The zero-order chi connectivity index (χ0) is 15.3. The molecular weight excluding hydrogens is 288 g/mol. The molecule has 0 radical (unpaired) electrons. The van der Waals surface area contributed by atoms with Gasteiger partial charge in [-0.05, 0) is 36.2 Å². The Morgan fingerprint density at radius 2 is 1.71 bits per heavy atom. The largest absolute Gasteiger partial charge is 0.396 e. The first-order valence-corrected chi connectivity index (χ1v) is 8.04. The van der Waals surface area contributed by atoms with Crippen molar-refractivity contribution >= 4 is 21.4 Å². The standard InChI is InChI=1S/C15H18N2O3S/c1-16-14-4-2-3-5-15(14)21(19,20)17-13-8-6-12(7-9-13)10-11-18/h2-9,16-18H,10-11H2,1H3. The second-order valence-electron chi connectivity index (χ2n) is 4.52. The molecule has 0 aliphatic carbocycles. The van der Waals surface area contributed by atoms with E-state index in [4.69, 9.17) is 5.11 Å². The van der Waals surface area contributed by atoms with Gasteiger partial charge in [0.15, 0.2) is 0 Å². The van der Waals surface area contributed by atoms with Gasteiger partial charge in [0.25, 0.3) is 10.0 Å². The lowest BCUT2D eigenvalue weighted by Crippen LogP contribution is -2.14. The lowest BCUT2D eigenvalue weighted by Gasteiger charge is -2.12. The van der Waals surface area contributed by atoms with Gasteiger partial charge in [-0.1, -0.05) is 24.3 Å². The molecule has 0 spiro atoms. The summed E-state index contributed by atoms with van der Waals surface area (Å²) in [6.45, 7) is 0.0701. The molecule has 0 amide bonds. The molecule has 6 heteroatoms.